The average Bonchev–Trinajstić information content (AvgIpc) is 2.64. The smallest absolute Gasteiger partial charge is 0.238 e. The third-order valence-corrected chi connectivity index (χ3v) is 5.11. The van der Waals surface area contributed by atoms with Crippen LogP contribution in [0.4, 0.5) is 11.4 Å². The molecule has 0 spiro atoms. The molecule has 0 aliphatic rings. The summed E-state index contributed by atoms with van der Waals surface area (Å²) in [6, 6.07) is 12.5. The van der Waals surface area contributed by atoms with Crippen molar-refractivity contribution < 1.29 is 9.59 Å². The Kier molecular flexibility index (Phi) is 9.12. The third kappa shape index (κ3) is 7.36. The van der Waals surface area contributed by atoms with E-state index in [-0.39, 0.29) is 24.9 Å². The van der Waals surface area contributed by atoms with Gasteiger partial charge in [0.05, 0.1) is 23.8 Å². The highest BCUT2D eigenvalue weighted by atomic mass is 35.5. The molecule has 0 fully saturated rings. The lowest BCUT2D eigenvalue weighted by atomic mass is 10.3. The molecule has 2 aromatic carbocycles. The molecule has 2 aromatic rings. The van der Waals surface area contributed by atoms with Gasteiger partial charge in [0.1, 0.15) is 0 Å². The van der Waals surface area contributed by atoms with E-state index in [0.29, 0.717) is 22.3 Å². The summed E-state index contributed by atoms with van der Waals surface area (Å²) in [7, 11) is 0. The highest BCUT2D eigenvalue weighted by Gasteiger charge is 2.15. The molecule has 150 valence electrons. The number of carbonyl (C=O) groups is 2. The Morgan fingerprint density at radius 3 is 2.39 bits per heavy atom. The molecule has 5 nitrogen and oxygen atoms in total. The van der Waals surface area contributed by atoms with E-state index >= 15 is 0 Å². The molecule has 0 heterocycles. The number of nitrogens with zero attached hydrogens (tertiary/aromatic N) is 1. The molecule has 0 aliphatic carbocycles. The molecule has 0 saturated heterocycles. The van der Waals surface area contributed by atoms with Gasteiger partial charge in [-0.3, -0.25) is 14.5 Å². The SMILES string of the molecule is CCCN(CC(=O)Nc1cccc(SC)c1)CC(=O)Nc1ccc(Cl)cc1Cl. The van der Waals surface area contributed by atoms with E-state index in [0.717, 1.165) is 17.0 Å². The summed E-state index contributed by atoms with van der Waals surface area (Å²) in [5, 5.41) is 6.51. The normalized spacial score (nSPS) is 10.8. The van der Waals surface area contributed by atoms with Gasteiger partial charge in [-0.05, 0) is 55.6 Å². The van der Waals surface area contributed by atoms with Gasteiger partial charge in [0, 0.05) is 15.6 Å². The van der Waals surface area contributed by atoms with Crippen molar-refractivity contribution in [2.24, 2.45) is 0 Å². The number of anilines is 2. The molecule has 0 aromatic heterocycles. The van der Waals surface area contributed by atoms with Crippen LogP contribution in [0.2, 0.25) is 10.0 Å². The van der Waals surface area contributed by atoms with Gasteiger partial charge in [0.2, 0.25) is 11.8 Å². The summed E-state index contributed by atoms with van der Waals surface area (Å²) in [6.45, 7) is 2.84. The van der Waals surface area contributed by atoms with Gasteiger partial charge in [-0.15, -0.1) is 11.8 Å². The first kappa shape index (κ1) is 22.6. The Morgan fingerprint density at radius 2 is 1.75 bits per heavy atom. The molecule has 0 bridgehead atoms. The minimum Gasteiger partial charge on any atom is -0.325 e. The molecular formula is C20H23Cl2N3O2S. The van der Waals surface area contributed by atoms with Gasteiger partial charge in [0.15, 0.2) is 0 Å². The van der Waals surface area contributed by atoms with E-state index in [9.17, 15) is 9.59 Å². The Bertz CT molecular complexity index is 833. The number of amides is 2. The summed E-state index contributed by atoms with van der Waals surface area (Å²) in [4.78, 5) is 27.7. The quantitative estimate of drug-likeness (QED) is 0.539. The van der Waals surface area contributed by atoms with E-state index < -0.39 is 0 Å². The minimum absolute atomic E-state index is 0.0884. The second kappa shape index (κ2) is 11.3. The highest BCUT2D eigenvalue weighted by Crippen LogP contribution is 2.25. The lowest BCUT2D eigenvalue weighted by Gasteiger charge is -2.21. The molecule has 0 unspecified atom stereocenters. The average molecular weight is 440 g/mol. The van der Waals surface area contributed by atoms with Gasteiger partial charge in [-0.25, -0.2) is 0 Å². The van der Waals surface area contributed by atoms with Crippen LogP contribution in [0.15, 0.2) is 47.4 Å². The molecule has 28 heavy (non-hydrogen) atoms. The standard InChI is InChI=1S/C20H23Cl2N3O2S/c1-3-9-25(12-19(26)23-15-5-4-6-16(11-15)28-2)13-20(27)24-18-8-7-14(21)10-17(18)22/h4-8,10-11H,3,9,12-13H2,1-2H3,(H,23,26)(H,24,27). The van der Waals surface area contributed by atoms with Crippen LogP contribution in [0.1, 0.15) is 13.3 Å². The summed E-state index contributed by atoms with van der Waals surface area (Å²) < 4.78 is 0. The van der Waals surface area contributed by atoms with Gasteiger partial charge in [-0.2, -0.15) is 0 Å². The molecule has 2 amide bonds. The molecule has 2 rings (SSSR count). The van der Waals surface area contributed by atoms with Gasteiger partial charge in [-0.1, -0.05) is 36.2 Å². The number of thioether (sulfide) groups is 1. The van der Waals surface area contributed by atoms with Crippen LogP contribution in [0.3, 0.4) is 0 Å². The topological polar surface area (TPSA) is 61.4 Å². The summed E-state index contributed by atoms with van der Waals surface area (Å²) >= 11 is 13.6. The fourth-order valence-electron chi connectivity index (χ4n) is 2.62. The zero-order chi connectivity index (χ0) is 20.5. The number of hydrogen-bond acceptors (Lipinski definition) is 4. The fourth-order valence-corrected chi connectivity index (χ4v) is 3.53. The van der Waals surface area contributed by atoms with Crippen LogP contribution in [0, 0.1) is 0 Å². The van der Waals surface area contributed by atoms with Crippen molar-refractivity contribution in [3.8, 4) is 0 Å². The van der Waals surface area contributed by atoms with Crippen LogP contribution >= 0.6 is 35.0 Å². The second-order valence-corrected chi connectivity index (χ2v) is 7.89. The number of benzene rings is 2. The van der Waals surface area contributed by atoms with Crippen LogP contribution in [0.5, 0.6) is 0 Å². The Morgan fingerprint density at radius 1 is 1.04 bits per heavy atom. The number of carbonyl (C=O) groups excluding carboxylic acids is 2. The first-order valence-electron chi connectivity index (χ1n) is 8.82. The Hall–Kier alpha value is -1.73. The third-order valence-electron chi connectivity index (χ3n) is 3.83. The molecule has 0 radical (unpaired) electrons. The van der Waals surface area contributed by atoms with Crippen molar-refractivity contribution in [1.82, 2.24) is 4.90 Å². The first-order chi connectivity index (χ1) is 13.4. The molecule has 2 N–H and O–H groups in total. The Balaban J connectivity index is 1.94. The van der Waals surface area contributed by atoms with E-state index in [1.165, 1.54) is 0 Å². The van der Waals surface area contributed by atoms with Crippen LogP contribution in [-0.2, 0) is 9.59 Å². The first-order valence-corrected chi connectivity index (χ1v) is 10.8. The summed E-state index contributed by atoms with van der Waals surface area (Å²) in [5.74, 6) is -0.404. The van der Waals surface area contributed by atoms with Crippen LogP contribution in [-0.4, -0.2) is 42.6 Å². The lowest BCUT2D eigenvalue weighted by Crippen LogP contribution is -2.39. The number of rotatable bonds is 9. The van der Waals surface area contributed by atoms with Crippen molar-refractivity contribution in [1.29, 1.82) is 0 Å². The zero-order valence-corrected chi connectivity index (χ0v) is 18.1. The van der Waals surface area contributed by atoms with E-state index in [2.05, 4.69) is 10.6 Å². The van der Waals surface area contributed by atoms with Crippen molar-refractivity contribution >= 4 is 58.2 Å². The van der Waals surface area contributed by atoms with Gasteiger partial charge < -0.3 is 10.6 Å². The van der Waals surface area contributed by atoms with Crippen LogP contribution in [0.25, 0.3) is 0 Å². The maximum absolute atomic E-state index is 12.4. The largest absolute Gasteiger partial charge is 0.325 e. The summed E-state index contributed by atoms with van der Waals surface area (Å²) in [5.41, 5.74) is 1.23. The lowest BCUT2D eigenvalue weighted by molar-refractivity contribution is -0.120. The maximum Gasteiger partial charge on any atom is 0.238 e. The minimum atomic E-state index is -0.241. The van der Waals surface area contributed by atoms with Crippen LogP contribution < -0.4 is 10.6 Å². The molecule has 0 aliphatic heterocycles. The molecular weight excluding hydrogens is 417 g/mol. The Labute approximate surface area is 179 Å². The van der Waals surface area contributed by atoms with E-state index in [4.69, 9.17) is 23.2 Å². The second-order valence-electron chi connectivity index (χ2n) is 6.16. The molecule has 0 atom stereocenters. The predicted octanol–water partition coefficient (Wildman–Crippen LogP) is 5.00. The van der Waals surface area contributed by atoms with Gasteiger partial charge >= 0.3 is 0 Å². The molecule has 0 saturated carbocycles. The van der Waals surface area contributed by atoms with Crippen molar-refractivity contribution in [3.05, 3.63) is 52.5 Å². The number of nitrogens with one attached hydrogen (secondary N) is 2. The van der Waals surface area contributed by atoms with E-state index in [1.54, 1.807) is 34.9 Å². The summed E-state index contributed by atoms with van der Waals surface area (Å²) in [6.07, 6.45) is 2.81. The van der Waals surface area contributed by atoms with E-state index in [1.807, 2.05) is 37.4 Å². The fraction of sp³-hybridized carbons (Fsp3) is 0.300. The highest BCUT2D eigenvalue weighted by molar-refractivity contribution is 7.98. The maximum atomic E-state index is 12.4. The number of halogens is 2. The predicted molar refractivity (Wildman–Crippen MR) is 119 cm³/mol. The van der Waals surface area contributed by atoms with Gasteiger partial charge in [0.25, 0.3) is 0 Å². The zero-order valence-electron chi connectivity index (χ0n) is 15.8. The van der Waals surface area contributed by atoms with Crippen molar-refractivity contribution in [2.45, 2.75) is 18.2 Å². The molecule has 8 heteroatoms. The van der Waals surface area contributed by atoms with Crippen molar-refractivity contribution in [3.63, 3.8) is 0 Å². The monoisotopic (exact) mass is 439 g/mol. The number of hydrogen-bond donors (Lipinski definition) is 2. The van der Waals surface area contributed by atoms with Crippen molar-refractivity contribution in [2.75, 3.05) is 36.5 Å².